The lowest BCUT2D eigenvalue weighted by atomic mass is 10.00. The van der Waals surface area contributed by atoms with E-state index in [1.165, 1.54) is 0 Å². The lowest BCUT2D eigenvalue weighted by molar-refractivity contribution is -0.00139. The van der Waals surface area contributed by atoms with Crippen molar-refractivity contribution in [1.82, 2.24) is 5.32 Å². The van der Waals surface area contributed by atoms with E-state index in [0.717, 1.165) is 5.56 Å². The van der Waals surface area contributed by atoms with Gasteiger partial charge in [0.05, 0.1) is 19.3 Å². The van der Waals surface area contributed by atoms with E-state index < -0.39 is 12.2 Å². The molecule has 0 spiro atoms. The maximum atomic E-state index is 12.8. The number of ketones is 1. The van der Waals surface area contributed by atoms with Crippen molar-refractivity contribution < 1.29 is 14.6 Å². The summed E-state index contributed by atoms with van der Waals surface area (Å²) in [7, 11) is 0. The summed E-state index contributed by atoms with van der Waals surface area (Å²) < 4.78 is 5.76. The van der Waals surface area contributed by atoms with Crippen molar-refractivity contribution in [3.05, 3.63) is 71.8 Å². The predicted octanol–water partition coefficient (Wildman–Crippen LogP) is 2.08. The first-order chi connectivity index (χ1) is 12.2. The number of carbonyl (C=O) groups is 1. The third-order valence-corrected chi connectivity index (χ3v) is 3.71. The van der Waals surface area contributed by atoms with Gasteiger partial charge in [0, 0.05) is 18.5 Å². The quantitative estimate of drug-likeness (QED) is 0.396. The summed E-state index contributed by atoms with van der Waals surface area (Å²) in [6.45, 7) is 0.767. The van der Waals surface area contributed by atoms with Crippen LogP contribution in [0.4, 0.5) is 0 Å². The van der Waals surface area contributed by atoms with E-state index in [-0.39, 0.29) is 12.4 Å². The fourth-order valence-corrected chi connectivity index (χ4v) is 2.44. The number of Topliss-reactive ketones (excluding diaryl/α,β-unsaturated/α-hetero) is 1. The Balaban J connectivity index is 2.02. The number of nitrogens with one attached hydrogen (secondary N) is 1. The number of aliphatic hydroxyl groups is 1. The van der Waals surface area contributed by atoms with Gasteiger partial charge < -0.3 is 15.2 Å². The lowest BCUT2D eigenvalue weighted by Crippen LogP contribution is -2.35. The summed E-state index contributed by atoms with van der Waals surface area (Å²) in [6.07, 6.45) is 4.24. The number of rotatable bonds is 10. The van der Waals surface area contributed by atoms with Crippen molar-refractivity contribution in [2.75, 3.05) is 19.7 Å². The van der Waals surface area contributed by atoms with Crippen LogP contribution in [0.15, 0.2) is 60.7 Å². The number of ether oxygens (including phenoxy) is 1. The molecule has 0 aliphatic rings. The zero-order valence-corrected chi connectivity index (χ0v) is 14.1. The van der Waals surface area contributed by atoms with Gasteiger partial charge in [-0.05, 0) is 5.56 Å². The van der Waals surface area contributed by atoms with E-state index in [0.29, 0.717) is 25.1 Å². The van der Waals surface area contributed by atoms with E-state index in [1.807, 2.05) is 48.5 Å². The van der Waals surface area contributed by atoms with Crippen LogP contribution in [0, 0.1) is 12.3 Å². The number of terminal acetylenes is 1. The van der Waals surface area contributed by atoms with Gasteiger partial charge in [-0.25, -0.2) is 0 Å². The molecular weight excluding hydrogens is 314 g/mol. The smallest absolute Gasteiger partial charge is 0.191 e. The highest BCUT2D eigenvalue weighted by molar-refractivity contribution is 5.99. The van der Waals surface area contributed by atoms with Gasteiger partial charge in [0.15, 0.2) is 5.78 Å². The van der Waals surface area contributed by atoms with Gasteiger partial charge in [0.2, 0.25) is 0 Å². The van der Waals surface area contributed by atoms with E-state index in [4.69, 9.17) is 11.2 Å². The molecule has 2 aromatic carbocycles. The van der Waals surface area contributed by atoms with Gasteiger partial charge >= 0.3 is 0 Å². The fourth-order valence-electron chi connectivity index (χ4n) is 2.44. The minimum absolute atomic E-state index is 0.0631. The minimum atomic E-state index is -0.727. The van der Waals surface area contributed by atoms with Crippen LogP contribution in [-0.4, -0.2) is 42.8 Å². The van der Waals surface area contributed by atoms with Crippen molar-refractivity contribution in [2.24, 2.45) is 0 Å². The molecule has 4 nitrogen and oxygen atoms in total. The molecule has 25 heavy (non-hydrogen) atoms. The van der Waals surface area contributed by atoms with E-state index in [2.05, 4.69) is 11.2 Å². The van der Waals surface area contributed by atoms with Crippen LogP contribution < -0.4 is 5.32 Å². The Labute approximate surface area is 148 Å². The Morgan fingerprint density at radius 2 is 1.76 bits per heavy atom. The normalized spacial score (nSPS) is 13.0. The van der Waals surface area contributed by atoms with Crippen LogP contribution in [0.2, 0.25) is 0 Å². The van der Waals surface area contributed by atoms with Crippen LogP contribution in [0.1, 0.15) is 15.9 Å². The third kappa shape index (κ3) is 6.52. The lowest BCUT2D eigenvalue weighted by Gasteiger charge is -2.19. The molecule has 2 atom stereocenters. The molecule has 2 rings (SSSR count). The number of hydrogen-bond acceptors (Lipinski definition) is 4. The summed E-state index contributed by atoms with van der Waals surface area (Å²) in [4.78, 5) is 12.8. The summed E-state index contributed by atoms with van der Waals surface area (Å²) in [6, 6.07) is 18.8. The van der Waals surface area contributed by atoms with Gasteiger partial charge in [0.25, 0.3) is 0 Å². The van der Waals surface area contributed by atoms with Crippen molar-refractivity contribution in [1.29, 1.82) is 0 Å². The maximum absolute atomic E-state index is 12.8. The number of aliphatic hydroxyl groups excluding tert-OH is 1. The molecule has 130 valence electrons. The molecule has 4 heteroatoms. The van der Waals surface area contributed by atoms with Crippen LogP contribution in [0.5, 0.6) is 0 Å². The molecule has 0 radical (unpaired) electrons. The minimum Gasteiger partial charge on any atom is -0.389 e. The Kier molecular flexibility index (Phi) is 7.87. The predicted molar refractivity (Wildman–Crippen MR) is 98.4 cm³/mol. The monoisotopic (exact) mass is 337 g/mol. The topological polar surface area (TPSA) is 58.6 Å². The molecule has 0 heterocycles. The van der Waals surface area contributed by atoms with E-state index in [1.54, 1.807) is 12.1 Å². The largest absolute Gasteiger partial charge is 0.389 e. The Morgan fingerprint density at radius 3 is 2.40 bits per heavy atom. The second-order valence-corrected chi connectivity index (χ2v) is 5.73. The zero-order chi connectivity index (χ0) is 17.9. The maximum Gasteiger partial charge on any atom is 0.191 e. The molecule has 0 aliphatic carbocycles. The van der Waals surface area contributed by atoms with Crippen LogP contribution in [0.25, 0.3) is 0 Å². The summed E-state index contributed by atoms with van der Waals surface area (Å²) >= 11 is 0. The summed E-state index contributed by atoms with van der Waals surface area (Å²) in [5, 5.41) is 12.9. The number of benzene rings is 2. The summed E-state index contributed by atoms with van der Waals surface area (Å²) in [5.41, 5.74) is 1.61. The SMILES string of the molecule is C#CCNCC(O)COC(Cc1ccccc1)C(=O)c1ccccc1. The second kappa shape index (κ2) is 10.4. The van der Waals surface area contributed by atoms with E-state index in [9.17, 15) is 9.90 Å². The highest BCUT2D eigenvalue weighted by Gasteiger charge is 2.22. The Hall–Kier alpha value is -2.45. The first-order valence-corrected chi connectivity index (χ1v) is 8.27. The average molecular weight is 337 g/mol. The molecule has 0 aromatic heterocycles. The highest BCUT2D eigenvalue weighted by Crippen LogP contribution is 2.13. The molecule has 2 aromatic rings. The van der Waals surface area contributed by atoms with Crippen molar-refractivity contribution in [2.45, 2.75) is 18.6 Å². The van der Waals surface area contributed by atoms with Crippen LogP contribution >= 0.6 is 0 Å². The fraction of sp³-hybridized carbons (Fsp3) is 0.286. The van der Waals surface area contributed by atoms with Gasteiger partial charge in [-0.2, -0.15) is 0 Å². The van der Waals surface area contributed by atoms with Crippen molar-refractivity contribution in [3.8, 4) is 12.3 Å². The molecule has 2 unspecified atom stereocenters. The molecule has 0 aliphatic heterocycles. The molecule has 0 fully saturated rings. The average Bonchev–Trinajstić information content (AvgIpc) is 2.66. The Morgan fingerprint density at radius 1 is 1.12 bits per heavy atom. The Bertz CT molecular complexity index is 679. The van der Waals surface area contributed by atoms with Crippen molar-refractivity contribution >= 4 is 5.78 Å². The highest BCUT2D eigenvalue weighted by atomic mass is 16.5. The van der Waals surface area contributed by atoms with Gasteiger partial charge in [-0.3, -0.25) is 4.79 Å². The van der Waals surface area contributed by atoms with Crippen molar-refractivity contribution in [3.63, 3.8) is 0 Å². The molecule has 0 bridgehead atoms. The van der Waals surface area contributed by atoms with E-state index >= 15 is 0 Å². The van der Waals surface area contributed by atoms with Gasteiger partial charge in [-0.15, -0.1) is 6.42 Å². The molecule has 2 N–H and O–H groups in total. The third-order valence-electron chi connectivity index (χ3n) is 3.71. The standard InChI is InChI=1S/C21H23NO3/c1-2-13-22-15-19(23)16-25-20(14-17-9-5-3-6-10-17)21(24)18-11-7-4-8-12-18/h1,3-12,19-20,22-23H,13-16H2. The molecule has 0 saturated heterocycles. The number of hydrogen-bond donors (Lipinski definition) is 2. The molecular formula is C21H23NO3. The van der Waals surface area contributed by atoms with Gasteiger partial charge in [-0.1, -0.05) is 66.6 Å². The first kappa shape index (κ1) is 18.9. The molecule has 0 saturated carbocycles. The summed E-state index contributed by atoms with van der Waals surface area (Å²) in [5.74, 6) is 2.35. The van der Waals surface area contributed by atoms with Gasteiger partial charge in [0.1, 0.15) is 6.10 Å². The van der Waals surface area contributed by atoms with Crippen LogP contribution in [-0.2, 0) is 11.2 Å². The van der Waals surface area contributed by atoms with Crippen LogP contribution in [0.3, 0.4) is 0 Å². The second-order valence-electron chi connectivity index (χ2n) is 5.73. The number of carbonyl (C=O) groups excluding carboxylic acids is 1. The molecule has 0 amide bonds. The first-order valence-electron chi connectivity index (χ1n) is 8.27. The zero-order valence-electron chi connectivity index (χ0n) is 14.1.